The first-order valence-electron chi connectivity index (χ1n) is 7.80. The van der Waals surface area contributed by atoms with Crippen LogP contribution in [0.15, 0.2) is 30.9 Å². The molecule has 0 saturated heterocycles. The zero-order valence-electron chi connectivity index (χ0n) is 14.5. The Balaban J connectivity index is 2.48. The molecule has 1 aromatic carbocycles. The molecule has 1 aliphatic heterocycles. The van der Waals surface area contributed by atoms with Crippen LogP contribution < -0.4 is 14.4 Å². The van der Waals surface area contributed by atoms with E-state index in [1.54, 1.807) is 43.0 Å². The highest BCUT2D eigenvalue weighted by molar-refractivity contribution is 7.93. The van der Waals surface area contributed by atoms with Crippen LogP contribution in [0.25, 0.3) is 0 Å². The number of fused-ring (bicyclic) bond motifs is 1. The van der Waals surface area contributed by atoms with Gasteiger partial charge >= 0.3 is 0 Å². The minimum Gasteiger partial charge on any atom is -0.490 e. The predicted octanol–water partition coefficient (Wildman–Crippen LogP) is 2.77. The molecule has 2 rings (SSSR count). The van der Waals surface area contributed by atoms with Crippen LogP contribution in [0.2, 0.25) is 0 Å². The quantitative estimate of drug-likeness (QED) is 0.827. The Kier molecular flexibility index (Phi) is 4.94. The second-order valence-electron chi connectivity index (χ2n) is 6.76. The van der Waals surface area contributed by atoms with Crippen molar-refractivity contribution in [3.05, 3.63) is 30.9 Å². The number of sulfonamides is 1. The Morgan fingerprint density at radius 2 is 2.08 bits per heavy atom. The van der Waals surface area contributed by atoms with Gasteiger partial charge in [0.25, 0.3) is 0 Å². The highest BCUT2D eigenvalue weighted by atomic mass is 32.2. The third-order valence-electron chi connectivity index (χ3n) is 3.85. The Morgan fingerprint density at radius 1 is 1.42 bits per heavy atom. The molecule has 132 valence electrons. The van der Waals surface area contributed by atoms with Crippen molar-refractivity contribution < 1.29 is 17.9 Å². The van der Waals surface area contributed by atoms with Gasteiger partial charge in [-0.1, -0.05) is 6.08 Å². The van der Waals surface area contributed by atoms with Crippen LogP contribution in [-0.2, 0) is 14.8 Å². The third kappa shape index (κ3) is 3.56. The molecule has 1 aromatic rings. The SMILES string of the molecule is C=CCN1C(=O)C(C)(C)COc2ccc(NS(=O)(=O)C(C)C)cc21. The van der Waals surface area contributed by atoms with Crippen molar-refractivity contribution in [3.8, 4) is 5.75 Å². The summed E-state index contributed by atoms with van der Waals surface area (Å²) >= 11 is 0. The van der Waals surface area contributed by atoms with Crippen molar-refractivity contribution in [2.75, 3.05) is 22.8 Å². The van der Waals surface area contributed by atoms with E-state index in [1.807, 2.05) is 13.8 Å². The molecular weight excluding hydrogens is 328 g/mol. The molecule has 0 radical (unpaired) electrons. The van der Waals surface area contributed by atoms with Crippen LogP contribution in [0.4, 0.5) is 11.4 Å². The molecule has 0 saturated carbocycles. The Hall–Kier alpha value is -2.02. The van der Waals surface area contributed by atoms with Crippen LogP contribution in [0.1, 0.15) is 27.7 Å². The molecular formula is C17H24N2O4S. The van der Waals surface area contributed by atoms with Gasteiger partial charge in [0.05, 0.1) is 22.0 Å². The molecule has 1 aliphatic rings. The third-order valence-corrected chi connectivity index (χ3v) is 5.62. The van der Waals surface area contributed by atoms with E-state index in [2.05, 4.69) is 11.3 Å². The monoisotopic (exact) mass is 352 g/mol. The second kappa shape index (κ2) is 6.47. The number of anilines is 2. The number of benzene rings is 1. The summed E-state index contributed by atoms with van der Waals surface area (Å²) in [4.78, 5) is 14.4. The molecule has 7 heteroatoms. The van der Waals surface area contributed by atoms with E-state index in [1.165, 1.54) is 0 Å². The lowest BCUT2D eigenvalue weighted by atomic mass is 9.93. The van der Waals surface area contributed by atoms with Crippen molar-refractivity contribution in [1.29, 1.82) is 0 Å². The number of ether oxygens (including phenoxy) is 1. The van der Waals surface area contributed by atoms with Gasteiger partial charge in [0.2, 0.25) is 15.9 Å². The molecule has 0 spiro atoms. The second-order valence-corrected chi connectivity index (χ2v) is 8.99. The summed E-state index contributed by atoms with van der Waals surface area (Å²) in [7, 11) is -3.47. The Bertz CT molecular complexity index is 754. The van der Waals surface area contributed by atoms with Crippen LogP contribution in [0, 0.1) is 5.41 Å². The maximum Gasteiger partial charge on any atom is 0.236 e. The summed E-state index contributed by atoms with van der Waals surface area (Å²) in [5, 5.41) is -0.558. The van der Waals surface area contributed by atoms with Crippen molar-refractivity contribution >= 4 is 27.3 Å². The Morgan fingerprint density at radius 3 is 2.67 bits per heavy atom. The fraction of sp³-hybridized carbons (Fsp3) is 0.471. The van der Waals surface area contributed by atoms with E-state index in [4.69, 9.17) is 4.74 Å². The van der Waals surface area contributed by atoms with Crippen LogP contribution >= 0.6 is 0 Å². The lowest BCUT2D eigenvalue weighted by Crippen LogP contribution is -2.42. The summed E-state index contributed by atoms with van der Waals surface area (Å²) in [6.07, 6.45) is 1.63. The van der Waals surface area contributed by atoms with Crippen molar-refractivity contribution in [2.24, 2.45) is 5.41 Å². The minimum absolute atomic E-state index is 0.0926. The first-order valence-corrected chi connectivity index (χ1v) is 9.34. The number of nitrogens with one attached hydrogen (secondary N) is 1. The molecule has 0 bridgehead atoms. The Labute approximate surface area is 143 Å². The summed E-state index contributed by atoms with van der Waals surface area (Å²) in [6.45, 7) is 11.1. The van der Waals surface area contributed by atoms with Gasteiger partial charge in [-0.3, -0.25) is 9.52 Å². The average Bonchev–Trinajstić information content (AvgIpc) is 2.58. The van der Waals surface area contributed by atoms with Crippen LogP contribution in [0.3, 0.4) is 0 Å². The molecule has 0 fully saturated rings. The maximum absolute atomic E-state index is 12.8. The molecule has 0 aliphatic carbocycles. The number of amides is 1. The molecule has 0 atom stereocenters. The van der Waals surface area contributed by atoms with Gasteiger partial charge in [0.1, 0.15) is 12.4 Å². The lowest BCUT2D eigenvalue weighted by Gasteiger charge is -2.27. The topological polar surface area (TPSA) is 75.7 Å². The number of rotatable bonds is 5. The average molecular weight is 352 g/mol. The van der Waals surface area contributed by atoms with Gasteiger partial charge in [-0.2, -0.15) is 0 Å². The van der Waals surface area contributed by atoms with E-state index < -0.39 is 20.7 Å². The van der Waals surface area contributed by atoms with Crippen LogP contribution in [0.5, 0.6) is 5.75 Å². The van der Waals surface area contributed by atoms with E-state index in [9.17, 15) is 13.2 Å². The van der Waals surface area contributed by atoms with Crippen molar-refractivity contribution in [1.82, 2.24) is 0 Å². The molecule has 1 N–H and O–H groups in total. The lowest BCUT2D eigenvalue weighted by molar-refractivity contribution is -0.127. The number of hydrogen-bond acceptors (Lipinski definition) is 4. The van der Waals surface area contributed by atoms with Gasteiger partial charge in [0.15, 0.2) is 0 Å². The van der Waals surface area contributed by atoms with Gasteiger partial charge in [-0.15, -0.1) is 6.58 Å². The normalized spacial score (nSPS) is 17.0. The standard InChI is InChI=1S/C17H24N2O4S/c1-6-9-19-14-10-13(18-24(21,22)12(2)3)7-8-15(14)23-11-17(4,5)16(19)20/h6-8,10,12,18H,1,9,11H2,2-5H3. The van der Waals surface area contributed by atoms with Gasteiger partial charge in [0, 0.05) is 6.54 Å². The zero-order valence-corrected chi connectivity index (χ0v) is 15.3. The summed E-state index contributed by atoms with van der Waals surface area (Å²) in [6, 6.07) is 4.93. The maximum atomic E-state index is 12.8. The highest BCUT2D eigenvalue weighted by Crippen LogP contribution is 2.38. The van der Waals surface area contributed by atoms with E-state index in [-0.39, 0.29) is 12.5 Å². The van der Waals surface area contributed by atoms with E-state index >= 15 is 0 Å². The molecule has 1 heterocycles. The molecule has 1 amide bonds. The van der Waals surface area contributed by atoms with E-state index in [0.717, 1.165) is 0 Å². The first-order chi connectivity index (χ1) is 11.1. The predicted molar refractivity (Wildman–Crippen MR) is 95.9 cm³/mol. The van der Waals surface area contributed by atoms with Crippen molar-refractivity contribution in [2.45, 2.75) is 32.9 Å². The summed E-state index contributed by atoms with van der Waals surface area (Å²) < 4.78 is 32.5. The smallest absolute Gasteiger partial charge is 0.236 e. The summed E-state index contributed by atoms with van der Waals surface area (Å²) in [5.41, 5.74) is 0.252. The van der Waals surface area contributed by atoms with Gasteiger partial charge < -0.3 is 9.64 Å². The van der Waals surface area contributed by atoms with Crippen molar-refractivity contribution in [3.63, 3.8) is 0 Å². The molecule has 0 unspecified atom stereocenters. The largest absolute Gasteiger partial charge is 0.490 e. The number of carbonyl (C=O) groups excluding carboxylic acids is 1. The minimum atomic E-state index is -3.47. The fourth-order valence-corrected chi connectivity index (χ4v) is 2.99. The molecule has 0 aromatic heterocycles. The fourth-order valence-electron chi connectivity index (χ4n) is 2.30. The number of nitrogens with zero attached hydrogens (tertiary/aromatic N) is 1. The van der Waals surface area contributed by atoms with Gasteiger partial charge in [-0.05, 0) is 45.9 Å². The number of hydrogen-bond donors (Lipinski definition) is 1. The first kappa shape index (κ1) is 18.3. The summed E-state index contributed by atoms with van der Waals surface area (Å²) in [5.74, 6) is 0.452. The molecule has 6 nitrogen and oxygen atoms in total. The zero-order chi connectivity index (χ0) is 18.1. The van der Waals surface area contributed by atoms with Crippen LogP contribution in [-0.4, -0.2) is 32.7 Å². The molecule has 24 heavy (non-hydrogen) atoms. The highest BCUT2D eigenvalue weighted by Gasteiger charge is 2.37. The van der Waals surface area contributed by atoms with E-state index in [0.29, 0.717) is 23.7 Å². The number of carbonyl (C=O) groups is 1. The van der Waals surface area contributed by atoms with Gasteiger partial charge in [-0.25, -0.2) is 8.42 Å².